The fourth-order valence-electron chi connectivity index (χ4n) is 2.56. The van der Waals surface area contributed by atoms with Crippen LogP contribution in [-0.2, 0) is 4.79 Å². The summed E-state index contributed by atoms with van der Waals surface area (Å²) >= 11 is 0. The van der Waals surface area contributed by atoms with E-state index in [-0.39, 0.29) is 0 Å². The number of para-hydroxylation sites is 1. The molecule has 142 valence electrons. The molecule has 0 spiro atoms. The lowest BCUT2D eigenvalue weighted by molar-refractivity contribution is -0.128. The van der Waals surface area contributed by atoms with E-state index in [9.17, 15) is 4.79 Å². The van der Waals surface area contributed by atoms with Crippen LogP contribution in [0, 0.1) is 0 Å². The van der Waals surface area contributed by atoms with Gasteiger partial charge in [0.1, 0.15) is 11.5 Å². The SMILES string of the molecule is O=C(/C=C/c1cnn(-c2ccccc2)c1)Oc1ccc(Oc2ccccn2)cc1. The summed E-state index contributed by atoms with van der Waals surface area (Å²) in [4.78, 5) is 16.2. The van der Waals surface area contributed by atoms with Crippen LogP contribution in [0.5, 0.6) is 17.4 Å². The number of carbonyl (C=O) groups excluding carboxylic acids is 1. The van der Waals surface area contributed by atoms with Crippen molar-refractivity contribution >= 4 is 12.0 Å². The molecule has 0 unspecified atom stereocenters. The van der Waals surface area contributed by atoms with E-state index < -0.39 is 5.97 Å². The zero-order valence-electron chi connectivity index (χ0n) is 15.4. The predicted molar refractivity (Wildman–Crippen MR) is 109 cm³/mol. The minimum Gasteiger partial charge on any atom is -0.439 e. The van der Waals surface area contributed by atoms with Crippen molar-refractivity contribution in [2.24, 2.45) is 0 Å². The first-order valence-electron chi connectivity index (χ1n) is 8.95. The first-order chi connectivity index (χ1) is 14.3. The summed E-state index contributed by atoms with van der Waals surface area (Å²) in [5.41, 5.74) is 1.74. The molecule has 0 radical (unpaired) electrons. The van der Waals surface area contributed by atoms with Crippen molar-refractivity contribution in [3.05, 3.63) is 103 Å². The molecular weight excluding hydrogens is 366 g/mol. The van der Waals surface area contributed by atoms with Gasteiger partial charge in [0, 0.05) is 30.1 Å². The molecule has 6 nitrogen and oxygen atoms in total. The maximum atomic E-state index is 12.1. The Morgan fingerprint density at radius 2 is 1.66 bits per heavy atom. The number of esters is 1. The molecule has 29 heavy (non-hydrogen) atoms. The highest BCUT2D eigenvalue weighted by Crippen LogP contribution is 2.22. The first-order valence-corrected chi connectivity index (χ1v) is 8.95. The molecule has 0 bridgehead atoms. The lowest BCUT2D eigenvalue weighted by Gasteiger charge is -2.05. The van der Waals surface area contributed by atoms with E-state index in [1.807, 2.05) is 48.7 Å². The average molecular weight is 383 g/mol. The molecular formula is C23H17N3O3. The van der Waals surface area contributed by atoms with Crippen LogP contribution in [0.3, 0.4) is 0 Å². The van der Waals surface area contributed by atoms with E-state index in [1.54, 1.807) is 53.5 Å². The summed E-state index contributed by atoms with van der Waals surface area (Å²) in [6.45, 7) is 0. The number of aromatic nitrogens is 3. The van der Waals surface area contributed by atoms with Gasteiger partial charge in [0.2, 0.25) is 5.88 Å². The van der Waals surface area contributed by atoms with Crippen LogP contribution in [0.2, 0.25) is 0 Å². The largest absolute Gasteiger partial charge is 0.439 e. The normalized spacial score (nSPS) is 10.8. The smallest absolute Gasteiger partial charge is 0.336 e. The molecule has 0 saturated carbocycles. The Morgan fingerprint density at radius 1 is 0.897 bits per heavy atom. The number of benzene rings is 2. The second-order valence-corrected chi connectivity index (χ2v) is 6.05. The van der Waals surface area contributed by atoms with Crippen LogP contribution in [0.25, 0.3) is 11.8 Å². The number of hydrogen-bond acceptors (Lipinski definition) is 5. The quantitative estimate of drug-likeness (QED) is 0.275. The van der Waals surface area contributed by atoms with Gasteiger partial charge in [-0.1, -0.05) is 24.3 Å². The summed E-state index contributed by atoms with van der Waals surface area (Å²) in [7, 11) is 0. The minimum atomic E-state index is -0.476. The summed E-state index contributed by atoms with van der Waals surface area (Å²) in [6.07, 6.45) is 8.20. The maximum absolute atomic E-state index is 12.1. The molecule has 2 heterocycles. The molecule has 2 aromatic heterocycles. The van der Waals surface area contributed by atoms with E-state index in [4.69, 9.17) is 9.47 Å². The average Bonchev–Trinajstić information content (AvgIpc) is 3.24. The third kappa shape index (κ3) is 4.95. The molecule has 4 aromatic rings. The molecule has 0 amide bonds. The molecule has 2 aromatic carbocycles. The van der Waals surface area contributed by atoms with Gasteiger partial charge in [-0.3, -0.25) is 0 Å². The van der Waals surface area contributed by atoms with Crippen LogP contribution >= 0.6 is 0 Å². The number of pyridine rings is 1. The molecule has 0 N–H and O–H groups in total. The highest BCUT2D eigenvalue weighted by molar-refractivity contribution is 5.88. The van der Waals surface area contributed by atoms with Gasteiger partial charge in [-0.2, -0.15) is 5.10 Å². The van der Waals surface area contributed by atoms with Crippen molar-refractivity contribution in [2.45, 2.75) is 0 Å². The molecule has 0 aliphatic heterocycles. The van der Waals surface area contributed by atoms with E-state index in [0.717, 1.165) is 11.3 Å². The van der Waals surface area contributed by atoms with Gasteiger partial charge in [-0.05, 0) is 48.5 Å². The molecule has 4 rings (SSSR count). The summed E-state index contributed by atoms with van der Waals surface area (Å²) in [5.74, 6) is 1.05. The van der Waals surface area contributed by atoms with E-state index >= 15 is 0 Å². The summed E-state index contributed by atoms with van der Waals surface area (Å²) < 4.78 is 12.7. The first kappa shape index (κ1) is 18.2. The molecule has 6 heteroatoms. The number of rotatable bonds is 6. The monoisotopic (exact) mass is 383 g/mol. The van der Waals surface area contributed by atoms with Crippen molar-refractivity contribution in [1.29, 1.82) is 0 Å². The zero-order chi connectivity index (χ0) is 19.9. The lowest BCUT2D eigenvalue weighted by atomic mass is 10.3. The molecule has 0 aliphatic rings. The van der Waals surface area contributed by atoms with Crippen LogP contribution in [-0.4, -0.2) is 20.7 Å². The number of ether oxygens (including phenoxy) is 2. The molecule has 0 aliphatic carbocycles. The number of hydrogen-bond donors (Lipinski definition) is 0. The third-order valence-electron chi connectivity index (χ3n) is 3.94. The zero-order valence-corrected chi connectivity index (χ0v) is 15.4. The second kappa shape index (κ2) is 8.67. The fraction of sp³-hybridized carbons (Fsp3) is 0. The number of nitrogens with zero attached hydrogens (tertiary/aromatic N) is 3. The third-order valence-corrected chi connectivity index (χ3v) is 3.94. The Bertz CT molecular complexity index is 1110. The van der Waals surface area contributed by atoms with Gasteiger partial charge in [0.05, 0.1) is 11.9 Å². The second-order valence-electron chi connectivity index (χ2n) is 6.05. The minimum absolute atomic E-state index is 0.424. The number of carbonyl (C=O) groups is 1. The summed E-state index contributed by atoms with van der Waals surface area (Å²) in [6, 6.07) is 21.9. The Balaban J connectivity index is 1.34. The Hall–Kier alpha value is -4.19. The Kier molecular flexibility index (Phi) is 5.43. The summed E-state index contributed by atoms with van der Waals surface area (Å²) in [5, 5.41) is 4.29. The van der Waals surface area contributed by atoms with Crippen molar-refractivity contribution < 1.29 is 14.3 Å². The highest BCUT2D eigenvalue weighted by atomic mass is 16.5. The van der Waals surface area contributed by atoms with Gasteiger partial charge < -0.3 is 9.47 Å². The van der Waals surface area contributed by atoms with Crippen molar-refractivity contribution in [3.8, 4) is 23.1 Å². The van der Waals surface area contributed by atoms with Gasteiger partial charge in [0.15, 0.2) is 0 Å². The van der Waals surface area contributed by atoms with Crippen LogP contribution in [0.15, 0.2) is 97.5 Å². The van der Waals surface area contributed by atoms with Gasteiger partial charge >= 0.3 is 5.97 Å². The van der Waals surface area contributed by atoms with E-state index in [0.29, 0.717) is 17.4 Å². The molecule has 0 atom stereocenters. The fourth-order valence-corrected chi connectivity index (χ4v) is 2.56. The van der Waals surface area contributed by atoms with Gasteiger partial charge in [-0.15, -0.1) is 0 Å². The lowest BCUT2D eigenvalue weighted by Crippen LogP contribution is -2.03. The van der Waals surface area contributed by atoms with Crippen LogP contribution in [0.4, 0.5) is 0 Å². The van der Waals surface area contributed by atoms with Gasteiger partial charge in [0.25, 0.3) is 0 Å². The van der Waals surface area contributed by atoms with E-state index in [1.165, 1.54) is 6.08 Å². The molecule has 0 fully saturated rings. The maximum Gasteiger partial charge on any atom is 0.336 e. The highest BCUT2D eigenvalue weighted by Gasteiger charge is 2.04. The predicted octanol–water partition coefficient (Wildman–Crippen LogP) is 4.68. The van der Waals surface area contributed by atoms with Gasteiger partial charge in [-0.25, -0.2) is 14.5 Å². The Labute approximate surface area is 167 Å². The van der Waals surface area contributed by atoms with Crippen molar-refractivity contribution in [3.63, 3.8) is 0 Å². The Morgan fingerprint density at radius 3 is 2.41 bits per heavy atom. The topological polar surface area (TPSA) is 66.2 Å². The standard InChI is InChI=1S/C23H17N3O3/c27-23(14-9-18-16-25-26(17-18)19-6-2-1-3-7-19)29-21-12-10-20(11-13-21)28-22-8-4-5-15-24-22/h1-17H/b14-9+. The van der Waals surface area contributed by atoms with Crippen molar-refractivity contribution in [2.75, 3.05) is 0 Å². The van der Waals surface area contributed by atoms with Crippen LogP contribution < -0.4 is 9.47 Å². The van der Waals surface area contributed by atoms with Crippen molar-refractivity contribution in [1.82, 2.24) is 14.8 Å². The van der Waals surface area contributed by atoms with E-state index in [2.05, 4.69) is 10.1 Å². The van der Waals surface area contributed by atoms with Crippen LogP contribution in [0.1, 0.15) is 5.56 Å². The molecule has 0 saturated heterocycles.